The highest BCUT2D eigenvalue weighted by atomic mass is 16.3. The lowest BCUT2D eigenvalue weighted by atomic mass is 9.83. The van der Waals surface area contributed by atoms with E-state index in [0.29, 0.717) is 11.4 Å². The van der Waals surface area contributed by atoms with E-state index < -0.39 is 12.1 Å². The molecule has 0 aliphatic heterocycles. The van der Waals surface area contributed by atoms with Crippen molar-refractivity contribution in [1.82, 2.24) is 4.98 Å². The Bertz CT molecular complexity index is 449. The zero-order valence-electron chi connectivity index (χ0n) is 11.5. The number of aliphatic hydroxyl groups excluding tert-OH is 2. The highest BCUT2D eigenvalue weighted by Gasteiger charge is 2.28. The second-order valence-corrected chi connectivity index (χ2v) is 5.37. The lowest BCUT2D eigenvalue weighted by molar-refractivity contribution is 0.0493. The summed E-state index contributed by atoms with van der Waals surface area (Å²) in [6, 6.07) is 4.94. The summed E-state index contributed by atoms with van der Waals surface area (Å²) in [6.45, 7) is -0.140. The van der Waals surface area contributed by atoms with E-state index in [1.807, 2.05) is 6.07 Å². The van der Waals surface area contributed by atoms with Gasteiger partial charge in [-0.2, -0.15) is 5.26 Å². The molecule has 1 aliphatic rings. The van der Waals surface area contributed by atoms with Crippen molar-refractivity contribution >= 4 is 5.82 Å². The molecule has 108 valence electrons. The van der Waals surface area contributed by atoms with Gasteiger partial charge in [0.25, 0.3) is 0 Å². The molecule has 1 aliphatic carbocycles. The van der Waals surface area contributed by atoms with Crippen LogP contribution in [0.1, 0.15) is 37.7 Å². The van der Waals surface area contributed by atoms with Gasteiger partial charge in [0.15, 0.2) is 0 Å². The molecule has 1 aromatic heterocycles. The molecule has 0 aromatic carbocycles. The Balaban J connectivity index is 1.98. The number of hydrogen-bond donors (Lipinski definition) is 3. The van der Waals surface area contributed by atoms with Crippen LogP contribution in [0, 0.1) is 17.2 Å². The highest BCUT2D eigenvalue weighted by Crippen LogP contribution is 2.28. The highest BCUT2D eigenvalue weighted by molar-refractivity contribution is 5.40. The van der Waals surface area contributed by atoms with E-state index in [1.54, 1.807) is 12.1 Å². The summed E-state index contributed by atoms with van der Waals surface area (Å²) in [5.41, 5.74) is 0.490. The molecule has 1 heterocycles. The second-order valence-electron chi connectivity index (χ2n) is 5.37. The zero-order valence-corrected chi connectivity index (χ0v) is 11.5. The van der Waals surface area contributed by atoms with Crippen molar-refractivity contribution < 1.29 is 10.2 Å². The average Bonchev–Trinajstić information content (AvgIpc) is 2.53. The maximum atomic E-state index is 10.4. The number of aliphatic hydroxyl groups is 2. The third-order valence-electron chi connectivity index (χ3n) is 3.97. The van der Waals surface area contributed by atoms with Gasteiger partial charge in [-0.25, -0.2) is 4.98 Å². The SMILES string of the molecule is N#Cc1ccc(N[C@@H](CO)[C@H](O)C2CCCCC2)nc1. The number of nitrogens with zero attached hydrogens (tertiary/aromatic N) is 2. The first-order valence-electron chi connectivity index (χ1n) is 7.16. The third kappa shape index (κ3) is 3.69. The Morgan fingerprint density at radius 2 is 2.10 bits per heavy atom. The van der Waals surface area contributed by atoms with Gasteiger partial charge < -0.3 is 15.5 Å². The van der Waals surface area contributed by atoms with Gasteiger partial charge >= 0.3 is 0 Å². The normalized spacial score (nSPS) is 19.1. The van der Waals surface area contributed by atoms with Gasteiger partial charge in [0.2, 0.25) is 0 Å². The van der Waals surface area contributed by atoms with Crippen molar-refractivity contribution in [2.75, 3.05) is 11.9 Å². The fourth-order valence-electron chi connectivity index (χ4n) is 2.78. The second kappa shape index (κ2) is 7.22. The van der Waals surface area contributed by atoms with Gasteiger partial charge in [0.05, 0.1) is 24.3 Å². The average molecular weight is 275 g/mol. The molecule has 1 aromatic rings. The molecule has 0 bridgehead atoms. The van der Waals surface area contributed by atoms with Gasteiger partial charge in [-0.3, -0.25) is 0 Å². The maximum absolute atomic E-state index is 10.4. The topological polar surface area (TPSA) is 89.2 Å². The standard InChI is InChI=1S/C15H21N3O2/c16-8-11-6-7-14(17-9-11)18-13(10-19)15(20)12-4-2-1-3-5-12/h6-7,9,12-13,15,19-20H,1-5,10H2,(H,17,18)/t13-,15+/m0/s1. The molecule has 5 nitrogen and oxygen atoms in total. The summed E-state index contributed by atoms with van der Waals surface area (Å²) in [4.78, 5) is 4.11. The number of rotatable bonds is 5. The molecular formula is C15H21N3O2. The van der Waals surface area contributed by atoms with Crippen LogP contribution < -0.4 is 5.32 Å². The van der Waals surface area contributed by atoms with Gasteiger partial charge in [0.1, 0.15) is 11.9 Å². The van der Waals surface area contributed by atoms with Gasteiger partial charge in [-0.15, -0.1) is 0 Å². The van der Waals surface area contributed by atoms with Gasteiger partial charge in [-0.1, -0.05) is 19.3 Å². The Morgan fingerprint density at radius 1 is 1.35 bits per heavy atom. The molecule has 0 spiro atoms. The first-order valence-corrected chi connectivity index (χ1v) is 7.16. The summed E-state index contributed by atoms with van der Waals surface area (Å²) in [5, 5.41) is 31.7. The van der Waals surface area contributed by atoms with E-state index in [-0.39, 0.29) is 12.5 Å². The molecule has 2 rings (SSSR count). The minimum absolute atomic E-state index is 0.140. The van der Waals surface area contributed by atoms with Crippen molar-refractivity contribution in [2.24, 2.45) is 5.92 Å². The van der Waals surface area contributed by atoms with Crippen LogP contribution >= 0.6 is 0 Å². The third-order valence-corrected chi connectivity index (χ3v) is 3.97. The Morgan fingerprint density at radius 3 is 2.65 bits per heavy atom. The summed E-state index contributed by atoms with van der Waals surface area (Å²) in [6.07, 6.45) is 6.46. The Labute approximate surface area is 119 Å². The quantitative estimate of drug-likeness (QED) is 0.760. The van der Waals surface area contributed by atoms with E-state index in [0.717, 1.165) is 25.7 Å². The summed E-state index contributed by atoms with van der Waals surface area (Å²) in [7, 11) is 0. The Kier molecular flexibility index (Phi) is 5.33. The van der Waals surface area contributed by atoms with E-state index in [1.165, 1.54) is 12.6 Å². The van der Waals surface area contributed by atoms with Crippen molar-refractivity contribution in [3.8, 4) is 6.07 Å². The molecule has 20 heavy (non-hydrogen) atoms. The number of pyridine rings is 1. The van der Waals surface area contributed by atoms with Gasteiger partial charge in [-0.05, 0) is 30.9 Å². The van der Waals surface area contributed by atoms with E-state index >= 15 is 0 Å². The van der Waals surface area contributed by atoms with Crippen LogP contribution in [0.3, 0.4) is 0 Å². The molecule has 1 saturated carbocycles. The minimum Gasteiger partial charge on any atom is -0.394 e. The molecule has 0 saturated heterocycles. The predicted octanol–water partition coefficient (Wildman–Crippen LogP) is 1.67. The number of hydrogen-bond acceptors (Lipinski definition) is 5. The number of anilines is 1. The summed E-state index contributed by atoms with van der Waals surface area (Å²) >= 11 is 0. The lowest BCUT2D eigenvalue weighted by Gasteiger charge is -2.32. The molecule has 1 fully saturated rings. The first kappa shape index (κ1) is 14.8. The fraction of sp³-hybridized carbons (Fsp3) is 0.600. The van der Waals surface area contributed by atoms with Crippen molar-refractivity contribution in [1.29, 1.82) is 5.26 Å². The molecular weight excluding hydrogens is 254 g/mol. The largest absolute Gasteiger partial charge is 0.394 e. The molecule has 0 unspecified atom stereocenters. The number of nitriles is 1. The smallest absolute Gasteiger partial charge is 0.126 e. The molecule has 0 radical (unpaired) electrons. The van der Waals surface area contributed by atoms with Crippen LogP contribution in [0.4, 0.5) is 5.82 Å². The van der Waals surface area contributed by atoms with Gasteiger partial charge in [0, 0.05) is 6.20 Å². The number of aromatic nitrogens is 1. The van der Waals surface area contributed by atoms with Crippen LogP contribution in [0.15, 0.2) is 18.3 Å². The maximum Gasteiger partial charge on any atom is 0.126 e. The lowest BCUT2D eigenvalue weighted by Crippen LogP contribution is -2.42. The van der Waals surface area contributed by atoms with E-state index in [9.17, 15) is 10.2 Å². The number of nitrogens with one attached hydrogen (secondary N) is 1. The van der Waals surface area contributed by atoms with Crippen LogP contribution in [0.5, 0.6) is 0 Å². The van der Waals surface area contributed by atoms with E-state index in [4.69, 9.17) is 5.26 Å². The fourth-order valence-corrected chi connectivity index (χ4v) is 2.78. The monoisotopic (exact) mass is 275 g/mol. The molecule has 0 amide bonds. The van der Waals surface area contributed by atoms with Crippen LogP contribution in [-0.2, 0) is 0 Å². The van der Waals surface area contributed by atoms with E-state index in [2.05, 4.69) is 10.3 Å². The zero-order chi connectivity index (χ0) is 14.4. The molecule has 2 atom stereocenters. The van der Waals surface area contributed by atoms with Crippen molar-refractivity contribution in [2.45, 2.75) is 44.2 Å². The molecule has 5 heteroatoms. The van der Waals surface area contributed by atoms with Crippen molar-refractivity contribution in [3.63, 3.8) is 0 Å². The van der Waals surface area contributed by atoms with Crippen LogP contribution in [0.25, 0.3) is 0 Å². The summed E-state index contributed by atoms with van der Waals surface area (Å²) in [5.74, 6) is 0.810. The van der Waals surface area contributed by atoms with Crippen LogP contribution in [0.2, 0.25) is 0 Å². The van der Waals surface area contributed by atoms with Crippen LogP contribution in [-0.4, -0.2) is 33.9 Å². The molecule has 3 N–H and O–H groups in total. The Hall–Kier alpha value is -1.64. The first-order chi connectivity index (χ1) is 9.74. The van der Waals surface area contributed by atoms with Crippen molar-refractivity contribution in [3.05, 3.63) is 23.9 Å². The minimum atomic E-state index is -0.572. The predicted molar refractivity (Wildman–Crippen MR) is 76.0 cm³/mol. The summed E-state index contributed by atoms with van der Waals surface area (Å²) < 4.78 is 0.